The number of carbonyl (C=O) groups is 1. The molecule has 0 saturated heterocycles. The van der Waals surface area contributed by atoms with Crippen LogP contribution in [0.3, 0.4) is 0 Å². The third-order valence-electron chi connectivity index (χ3n) is 5.09. The molecular weight excluding hydrogens is 322 g/mol. The van der Waals surface area contributed by atoms with Gasteiger partial charge in [-0.15, -0.1) is 0 Å². The summed E-state index contributed by atoms with van der Waals surface area (Å²) in [6.45, 7) is 0. The molecule has 0 aliphatic heterocycles. The molecule has 0 amide bonds. The van der Waals surface area contributed by atoms with Gasteiger partial charge in [0.25, 0.3) is 0 Å². The number of rotatable bonds is 4. The number of Topliss-reactive ketones (excluding diaryl/α,β-unsaturated/α-hetero) is 1. The Morgan fingerprint density at radius 3 is 2.62 bits per heavy atom. The van der Waals surface area contributed by atoms with Crippen LogP contribution in [0.25, 0.3) is 11.1 Å². The van der Waals surface area contributed by atoms with E-state index in [0.717, 1.165) is 17.5 Å². The Bertz CT molecular complexity index is 920. The zero-order valence-corrected chi connectivity index (χ0v) is 14.8. The van der Waals surface area contributed by atoms with E-state index >= 15 is 0 Å². The smallest absolute Gasteiger partial charge is 0.217 e. The first-order valence-electron chi connectivity index (χ1n) is 8.95. The lowest BCUT2D eigenvalue weighted by Crippen LogP contribution is -2.23. The average molecular weight is 343 g/mol. The van der Waals surface area contributed by atoms with Gasteiger partial charge in [-0.25, -0.2) is 4.98 Å². The van der Waals surface area contributed by atoms with Gasteiger partial charge < -0.3 is 4.74 Å². The second-order valence-electron chi connectivity index (χ2n) is 6.68. The maximum Gasteiger partial charge on any atom is 0.217 e. The number of methoxy groups -OCH3 is 1. The maximum absolute atomic E-state index is 12.7. The van der Waals surface area contributed by atoms with Crippen LogP contribution in [0.5, 0.6) is 5.88 Å². The van der Waals surface area contributed by atoms with Gasteiger partial charge in [0, 0.05) is 18.2 Å². The van der Waals surface area contributed by atoms with Crippen LogP contribution in [-0.2, 0) is 17.6 Å². The van der Waals surface area contributed by atoms with Gasteiger partial charge in [-0.05, 0) is 41.2 Å². The average Bonchev–Trinajstić information content (AvgIpc) is 2.70. The molecule has 0 bridgehead atoms. The summed E-state index contributed by atoms with van der Waals surface area (Å²) in [6.07, 6.45) is 3.80. The summed E-state index contributed by atoms with van der Waals surface area (Å²) in [7, 11) is 1.62. The van der Waals surface area contributed by atoms with Gasteiger partial charge >= 0.3 is 0 Å². The molecule has 0 spiro atoms. The second-order valence-corrected chi connectivity index (χ2v) is 6.68. The minimum Gasteiger partial charge on any atom is -0.481 e. The molecule has 3 aromatic rings. The van der Waals surface area contributed by atoms with E-state index in [1.165, 1.54) is 16.7 Å². The Labute approximate surface area is 153 Å². The SMILES string of the molecule is COc1nccc2c1C(Cc1cccc(-c3ccccc3)c1)C(=O)CC2. The number of fused-ring (bicyclic) bond motifs is 1. The highest BCUT2D eigenvalue weighted by Crippen LogP contribution is 2.37. The molecule has 4 rings (SSSR count). The number of carbonyl (C=O) groups excluding carboxylic acids is 1. The van der Waals surface area contributed by atoms with Crippen molar-refractivity contribution in [3.8, 4) is 17.0 Å². The molecule has 1 unspecified atom stereocenters. The molecule has 0 fully saturated rings. The second kappa shape index (κ2) is 7.12. The number of nitrogens with zero attached hydrogens (tertiary/aromatic N) is 1. The van der Waals surface area contributed by atoms with Crippen molar-refractivity contribution in [3.05, 3.63) is 83.6 Å². The van der Waals surface area contributed by atoms with Crippen LogP contribution in [0.1, 0.15) is 29.0 Å². The van der Waals surface area contributed by atoms with Gasteiger partial charge in [-0.1, -0.05) is 54.6 Å². The first-order chi connectivity index (χ1) is 12.8. The molecule has 0 saturated carbocycles. The van der Waals surface area contributed by atoms with Crippen LogP contribution in [0.15, 0.2) is 66.9 Å². The predicted octanol–water partition coefficient (Wildman–Crippen LogP) is 4.60. The molecule has 1 aromatic heterocycles. The quantitative estimate of drug-likeness (QED) is 0.695. The number of aryl methyl sites for hydroxylation is 1. The third kappa shape index (κ3) is 3.13. The normalized spacial score (nSPS) is 16.2. The summed E-state index contributed by atoms with van der Waals surface area (Å²) >= 11 is 0. The number of ketones is 1. The van der Waals surface area contributed by atoms with Gasteiger partial charge in [-0.3, -0.25) is 4.79 Å². The molecule has 1 aliphatic carbocycles. The van der Waals surface area contributed by atoms with E-state index in [1.807, 2.05) is 24.3 Å². The minimum atomic E-state index is -0.187. The zero-order valence-electron chi connectivity index (χ0n) is 14.8. The first-order valence-corrected chi connectivity index (χ1v) is 8.95. The fraction of sp³-hybridized carbons (Fsp3) is 0.217. The molecule has 0 radical (unpaired) electrons. The monoisotopic (exact) mass is 343 g/mol. The molecule has 1 atom stereocenters. The molecular formula is C23H21NO2. The number of pyridine rings is 1. The highest BCUT2D eigenvalue weighted by atomic mass is 16.5. The molecule has 3 nitrogen and oxygen atoms in total. The topological polar surface area (TPSA) is 39.2 Å². The number of ether oxygens (including phenoxy) is 1. The molecule has 1 aliphatic rings. The Morgan fingerprint density at radius 2 is 1.81 bits per heavy atom. The minimum absolute atomic E-state index is 0.187. The lowest BCUT2D eigenvalue weighted by molar-refractivity contribution is -0.121. The first kappa shape index (κ1) is 16.5. The van der Waals surface area contributed by atoms with Gasteiger partial charge in [0.2, 0.25) is 5.88 Å². The van der Waals surface area contributed by atoms with Crippen molar-refractivity contribution in [3.63, 3.8) is 0 Å². The summed E-state index contributed by atoms with van der Waals surface area (Å²) in [6, 6.07) is 20.8. The van der Waals surface area contributed by atoms with Gasteiger partial charge in [0.05, 0.1) is 13.0 Å². The van der Waals surface area contributed by atoms with Crippen molar-refractivity contribution >= 4 is 5.78 Å². The molecule has 130 valence electrons. The van der Waals surface area contributed by atoms with E-state index in [9.17, 15) is 4.79 Å². The number of aromatic nitrogens is 1. The van der Waals surface area contributed by atoms with Crippen molar-refractivity contribution in [2.75, 3.05) is 7.11 Å². The van der Waals surface area contributed by atoms with Crippen molar-refractivity contribution in [2.45, 2.75) is 25.2 Å². The third-order valence-corrected chi connectivity index (χ3v) is 5.09. The number of hydrogen-bond acceptors (Lipinski definition) is 3. The predicted molar refractivity (Wildman–Crippen MR) is 102 cm³/mol. The van der Waals surface area contributed by atoms with Crippen LogP contribution in [0, 0.1) is 0 Å². The van der Waals surface area contributed by atoms with Crippen molar-refractivity contribution in [1.29, 1.82) is 0 Å². The van der Waals surface area contributed by atoms with Gasteiger partial charge in [0.1, 0.15) is 5.78 Å². The summed E-state index contributed by atoms with van der Waals surface area (Å²) in [5.41, 5.74) is 5.66. The lowest BCUT2D eigenvalue weighted by Gasteiger charge is -2.25. The Kier molecular flexibility index (Phi) is 4.53. The maximum atomic E-state index is 12.7. The molecule has 2 aromatic carbocycles. The van der Waals surface area contributed by atoms with Crippen LogP contribution in [0.2, 0.25) is 0 Å². The van der Waals surface area contributed by atoms with Crippen LogP contribution in [-0.4, -0.2) is 17.9 Å². The zero-order chi connectivity index (χ0) is 17.9. The van der Waals surface area contributed by atoms with E-state index in [1.54, 1.807) is 13.3 Å². The summed E-state index contributed by atoms with van der Waals surface area (Å²) < 4.78 is 5.46. The van der Waals surface area contributed by atoms with Crippen LogP contribution in [0.4, 0.5) is 0 Å². The number of hydrogen-bond donors (Lipinski definition) is 0. The van der Waals surface area contributed by atoms with Gasteiger partial charge in [0.15, 0.2) is 0 Å². The molecule has 1 heterocycles. The summed E-state index contributed by atoms with van der Waals surface area (Å²) in [4.78, 5) is 17.0. The van der Waals surface area contributed by atoms with Crippen molar-refractivity contribution in [2.24, 2.45) is 0 Å². The van der Waals surface area contributed by atoms with Crippen LogP contribution < -0.4 is 4.74 Å². The largest absolute Gasteiger partial charge is 0.481 e. The van der Waals surface area contributed by atoms with Crippen molar-refractivity contribution in [1.82, 2.24) is 4.98 Å². The molecule has 0 N–H and O–H groups in total. The van der Waals surface area contributed by atoms with E-state index in [-0.39, 0.29) is 11.7 Å². The molecule has 26 heavy (non-hydrogen) atoms. The summed E-state index contributed by atoms with van der Waals surface area (Å²) in [5, 5.41) is 0. The lowest BCUT2D eigenvalue weighted by atomic mass is 9.79. The highest BCUT2D eigenvalue weighted by Gasteiger charge is 2.31. The van der Waals surface area contributed by atoms with Gasteiger partial charge in [-0.2, -0.15) is 0 Å². The molecule has 3 heteroatoms. The standard InChI is InChI=1S/C23H21NO2/c1-26-23-22-18(12-13-24-23)10-11-21(25)20(22)15-16-6-5-9-19(14-16)17-7-3-2-4-8-17/h2-9,12-14,20H,10-11,15H2,1H3. The Hall–Kier alpha value is -2.94. The van der Waals surface area contributed by atoms with E-state index in [4.69, 9.17) is 4.74 Å². The highest BCUT2D eigenvalue weighted by molar-refractivity contribution is 5.89. The number of benzene rings is 2. The van der Waals surface area contributed by atoms with Crippen LogP contribution >= 0.6 is 0 Å². The van der Waals surface area contributed by atoms with E-state index in [0.29, 0.717) is 18.7 Å². The Morgan fingerprint density at radius 1 is 1.00 bits per heavy atom. The Balaban J connectivity index is 1.69. The fourth-order valence-electron chi connectivity index (χ4n) is 3.80. The van der Waals surface area contributed by atoms with E-state index < -0.39 is 0 Å². The van der Waals surface area contributed by atoms with Crippen molar-refractivity contribution < 1.29 is 9.53 Å². The fourth-order valence-corrected chi connectivity index (χ4v) is 3.80. The van der Waals surface area contributed by atoms with E-state index in [2.05, 4.69) is 41.4 Å². The summed E-state index contributed by atoms with van der Waals surface area (Å²) in [5.74, 6) is 0.669.